The van der Waals surface area contributed by atoms with Gasteiger partial charge in [0.25, 0.3) is 0 Å². The molecule has 2 aromatic rings. The highest BCUT2D eigenvalue weighted by atomic mass is 16.2. The van der Waals surface area contributed by atoms with Gasteiger partial charge in [0.1, 0.15) is 6.04 Å². The van der Waals surface area contributed by atoms with Crippen LogP contribution in [0.2, 0.25) is 0 Å². The second-order valence-electron chi connectivity index (χ2n) is 6.68. The predicted molar refractivity (Wildman–Crippen MR) is 95.4 cm³/mol. The van der Waals surface area contributed by atoms with Gasteiger partial charge in [-0.15, -0.1) is 0 Å². The molecule has 0 heterocycles. The first-order valence-electron chi connectivity index (χ1n) is 8.71. The Morgan fingerprint density at radius 2 is 1.75 bits per heavy atom. The highest BCUT2D eigenvalue weighted by molar-refractivity contribution is 5.88. The Morgan fingerprint density at radius 1 is 1.04 bits per heavy atom. The van der Waals surface area contributed by atoms with Gasteiger partial charge in [-0.05, 0) is 29.2 Å². The lowest BCUT2D eigenvalue weighted by Gasteiger charge is -2.23. The van der Waals surface area contributed by atoms with E-state index in [1.54, 1.807) is 0 Å². The number of benzene rings is 2. The van der Waals surface area contributed by atoms with Crippen molar-refractivity contribution in [1.82, 2.24) is 5.32 Å². The Balaban J connectivity index is 1.70. The minimum absolute atomic E-state index is 0.0252. The van der Waals surface area contributed by atoms with E-state index in [1.165, 1.54) is 6.42 Å². The third-order valence-electron chi connectivity index (χ3n) is 4.89. The van der Waals surface area contributed by atoms with E-state index in [-0.39, 0.29) is 11.8 Å². The fourth-order valence-electron chi connectivity index (χ4n) is 3.48. The first-order valence-corrected chi connectivity index (χ1v) is 8.71. The van der Waals surface area contributed by atoms with Crippen LogP contribution in [0, 0.1) is 5.92 Å². The summed E-state index contributed by atoms with van der Waals surface area (Å²) in [5.74, 6) is -0.483. The number of hydrogen-bond acceptors (Lipinski definition) is 2. The number of nitrogens with one attached hydrogen (secondary N) is 1. The number of fused-ring (bicyclic) bond motifs is 1. The van der Waals surface area contributed by atoms with Crippen LogP contribution in [-0.4, -0.2) is 17.9 Å². The van der Waals surface area contributed by atoms with Crippen LogP contribution in [-0.2, 0) is 16.0 Å². The summed E-state index contributed by atoms with van der Waals surface area (Å²) < 4.78 is 0. The number of amides is 2. The second-order valence-corrected chi connectivity index (χ2v) is 6.68. The lowest BCUT2D eigenvalue weighted by molar-refractivity contribution is -0.130. The van der Waals surface area contributed by atoms with E-state index >= 15 is 0 Å². The van der Waals surface area contributed by atoms with Crippen LogP contribution in [0.4, 0.5) is 0 Å². The molecular weight excluding hydrogens is 300 g/mol. The molecule has 3 N–H and O–H groups in total. The van der Waals surface area contributed by atoms with Gasteiger partial charge >= 0.3 is 0 Å². The Morgan fingerprint density at radius 3 is 2.46 bits per heavy atom. The molecule has 0 bridgehead atoms. The molecule has 0 aliphatic heterocycles. The van der Waals surface area contributed by atoms with Crippen LogP contribution < -0.4 is 11.1 Å². The smallest absolute Gasteiger partial charge is 0.240 e. The molecule has 2 amide bonds. The summed E-state index contributed by atoms with van der Waals surface area (Å²) >= 11 is 0. The summed E-state index contributed by atoms with van der Waals surface area (Å²) in [5.41, 5.74) is 6.52. The summed E-state index contributed by atoms with van der Waals surface area (Å²) in [6.45, 7) is 0. The van der Waals surface area contributed by atoms with Crippen LogP contribution >= 0.6 is 0 Å². The van der Waals surface area contributed by atoms with Crippen molar-refractivity contribution >= 4 is 22.6 Å². The molecule has 4 nitrogen and oxygen atoms in total. The Hall–Kier alpha value is -2.36. The lowest BCUT2D eigenvalue weighted by Crippen LogP contribution is -2.48. The largest absolute Gasteiger partial charge is 0.368 e. The molecule has 1 fully saturated rings. The van der Waals surface area contributed by atoms with Gasteiger partial charge in [-0.3, -0.25) is 9.59 Å². The van der Waals surface area contributed by atoms with E-state index in [0.29, 0.717) is 6.42 Å². The fraction of sp³-hybridized carbons (Fsp3) is 0.400. The van der Waals surface area contributed by atoms with E-state index in [0.717, 1.165) is 42.0 Å². The second kappa shape index (κ2) is 7.47. The molecular formula is C20H24N2O2. The normalized spacial score (nSPS) is 16.7. The van der Waals surface area contributed by atoms with Crippen LogP contribution in [0.1, 0.15) is 37.7 Å². The maximum absolute atomic E-state index is 12.4. The topological polar surface area (TPSA) is 72.2 Å². The molecule has 1 saturated carbocycles. The molecule has 0 saturated heterocycles. The molecule has 1 aliphatic carbocycles. The molecule has 1 aliphatic rings. The molecule has 126 valence electrons. The quantitative estimate of drug-likeness (QED) is 0.887. The highest BCUT2D eigenvalue weighted by Crippen LogP contribution is 2.24. The maximum atomic E-state index is 12.4. The van der Waals surface area contributed by atoms with Gasteiger partial charge in [0.2, 0.25) is 11.8 Å². The van der Waals surface area contributed by atoms with Crippen LogP contribution in [0.5, 0.6) is 0 Å². The van der Waals surface area contributed by atoms with Gasteiger partial charge in [0.15, 0.2) is 0 Å². The van der Waals surface area contributed by atoms with E-state index in [9.17, 15) is 9.59 Å². The number of rotatable bonds is 5. The summed E-state index contributed by atoms with van der Waals surface area (Å²) in [7, 11) is 0. The average molecular weight is 324 g/mol. The number of primary amides is 1. The molecule has 24 heavy (non-hydrogen) atoms. The number of carbonyl (C=O) groups is 2. The first kappa shape index (κ1) is 16.5. The molecule has 0 spiro atoms. The van der Waals surface area contributed by atoms with Crippen molar-refractivity contribution in [2.75, 3.05) is 0 Å². The Labute approximate surface area is 142 Å². The Kier molecular flexibility index (Phi) is 5.14. The molecule has 4 heteroatoms. The van der Waals surface area contributed by atoms with Gasteiger partial charge in [-0.25, -0.2) is 0 Å². The van der Waals surface area contributed by atoms with Crippen LogP contribution in [0.25, 0.3) is 10.8 Å². The minimum Gasteiger partial charge on any atom is -0.368 e. The maximum Gasteiger partial charge on any atom is 0.240 e. The molecule has 2 aromatic carbocycles. The summed E-state index contributed by atoms with van der Waals surface area (Å²) in [4.78, 5) is 24.2. The minimum atomic E-state index is -0.652. The Bertz CT molecular complexity index is 735. The average Bonchev–Trinajstić information content (AvgIpc) is 2.61. The van der Waals surface area contributed by atoms with E-state index in [4.69, 9.17) is 5.73 Å². The van der Waals surface area contributed by atoms with Gasteiger partial charge < -0.3 is 11.1 Å². The monoisotopic (exact) mass is 324 g/mol. The van der Waals surface area contributed by atoms with Crippen molar-refractivity contribution in [3.8, 4) is 0 Å². The zero-order valence-electron chi connectivity index (χ0n) is 13.8. The van der Waals surface area contributed by atoms with Crippen molar-refractivity contribution < 1.29 is 9.59 Å². The van der Waals surface area contributed by atoms with Gasteiger partial charge in [-0.2, -0.15) is 0 Å². The van der Waals surface area contributed by atoms with Crippen molar-refractivity contribution in [3.05, 3.63) is 48.0 Å². The number of carbonyl (C=O) groups excluding carboxylic acids is 2. The third-order valence-corrected chi connectivity index (χ3v) is 4.89. The number of hydrogen-bond donors (Lipinski definition) is 2. The van der Waals surface area contributed by atoms with E-state index < -0.39 is 11.9 Å². The van der Waals surface area contributed by atoms with Crippen molar-refractivity contribution in [1.29, 1.82) is 0 Å². The van der Waals surface area contributed by atoms with Crippen LogP contribution in [0.3, 0.4) is 0 Å². The van der Waals surface area contributed by atoms with Gasteiger partial charge in [0, 0.05) is 12.3 Å². The summed E-state index contributed by atoms with van der Waals surface area (Å²) in [5, 5.41) is 5.15. The molecule has 0 unspecified atom stereocenters. The molecule has 0 radical (unpaired) electrons. The van der Waals surface area contributed by atoms with E-state index in [2.05, 4.69) is 17.4 Å². The summed E-state index contributed by atoms with van der Waals surface area (Å²) in [6.07, 6.45) is 5.62. The van der Waals surface area contributed by atoms with Crippen molar-refractivity contribution in [2.24, 2.45) is 11.7 Å². The fourth-order valence-corrected chi connectivity index (χ4v) is 3.48. The van der Waals surface area contributed by atoms with Gasteiger partial charge in [-0.1, -0.05) is 61.7 Å². The molecule has 1 atom stereocenters. The van der Waals surface area contributed by atoms with Crippen molar-refractivity contribution in [2.45, 2.75) is 44.6 Å². The van der Waals surface area contributed by atoms with Crippen molar-refractivity contribution in [3.63, 3.8) is 0 Å². The molecule has 3 rings (SSSR count). The SMILES string of the molecule is NC(=O)[C@@H](Cc1ccc2ccccc2c1)NC(=O)C1CCCCC1. The number of nitrogens with two attached hydrogens (primary N) is 1. The standard InChI is InChI=1S/C20H24N2O2/c21-19(23)18(22-20(24)16-7-2-1-3-8-16)13-14-10-11-15-6-4-5-9-17(15)12-14/h4-6,9-12,16,18H,1-3,7-8,13H2,(H2,21,23)(H,22,24)/t18-/m1/s1. The van der Waals surface area contributed by atoms with E-state index in [1.807, 2.05) is 30.3 Å². The zero-order valence-corrected chi connectivity index (χ0v) is 13.8. The first-order chi connectivity index (χ1) is 11.6. The van der Waals surface area contributed by atoms with Gasteiger partial charge in [0.05, 0.1) is 0 Å². The summed E-state index contributed by atoms with van der Waals surface area (Å²) in [6, 6.07) is 13.5. The molecule has 0 aromatic heterocycles. The van der Waals surface area contributed by atoms with Crippen LogP contribution in [0.15, 0.2) is 42.5 Å². The highest BCUT2D eigenvalue weighted by Gasteiger charge is 2.25. The zero-order chi connectivity index (χ0) is 16.9. The lowest BCUT2D eigenvalue weighted by atomic mass is 9.88. The third kappa shape index (κ3) is 3.94. The predicted octanol–water partition coefficient (Wildman–Crippen LogP) is 2.93.